The van der Waals surface area contributed by atoms with Gasteiger partial charge in [-0.2, -0.15) is 0 Å². The summed E-state index contributed by atoms with van der Waals surface area (Å²) in [7, 11) is 0. The number of para-hydroxylation sites is 1. The molecule has 1 aliphatic heterocycles. The predicted octanol–water partition coefficient (Wildman–Crippen LogP) is 2.26. The first-order valence-corrected chi connectivity index (χ1v) is 8.64. The Morgan fingerprint density at radius 2 is 2.12 bits per heavy atom. The summed E-state index contributed by atoms with van der Waals surface area (Å²) in [6.45, 7) is 0.128. The number of benzene rings is 1. The molecule has 0 spiro atoms. The summed E-state index contributed by atoms with van der Waals surface area (Å²) in [5.74, 6) is -0.932. The number of fused-ring (bicyclic) bond motifs is 1. The van der Waals surface area contributed by atoms with Crippen LogP contribution in [0.2, 0.25) is 0 Å². The molecule has 8 nitrogen and oxygen atoms in total. The van der Waals surface area contributed by atoms with Crippen LogP contribution in [0, 0.1) is 0 Å². The van der Waals surface area contributed by atoms with Gasteiger partial charge < -0.3 is 14.5 Å². The summed E-state index contributed by atoms with van der Waals surface area (Å²) >= 11 is 1.45. The monoisotopic (exact) mass is 371 g/mol. The van der Waals surface area contributed by atoms with Gasteiger partial charge in [-0.3, -0.25) is 9.69 Å². The Balaban J connectivity index is 1.43. The number of imide groups is 1. The summed E-state index contributed by atoms with van der Waals surface area (Å²) in [6.07, 6.45) is 0. The second-order valence-electron chi connectivity index (χ2n) is 5.50. The van der Waals surface area contributed by atoms with Gasteiger partial charge in [-0.25, -0.2) is 14.6 Å². The number of esters is 1. The molecule has 1 fully saturated rings. The van der Waals surface area contributed by atoms with Crippen LogP contribution in [0.3, 0.4) is 0 Å². The van der Waals surface area contributed by atoms with Crippen molar-refractivity contribution in [3.8, 4) is 10.8 Å². The molecule has 3 amide bonds. The zero-order valence-corrected chi connectivity index (χ0v) is 14.2. The van der Waals surface area contributed by atoms with E-state index in [1.807, 2.05) is 24.3 Å². The van der Waals surface area contributed by atoms with Gasteiger partial charge in [-0.05, 0) is 24.3 Å². The summed E-state index contributed by atoms with van der Waals surface area (Å²) in [4.78, 5) is 40.8. The van der Waals surface area contributed by atoms with Crippen LogP contribution in [-0.4, -0.2) is 47.5 Å². The number of furan rings is 1. The van der Waals surface area contributed by atoms with E-state index in [0.717, 1.165) is 15.1 Å². The number of thiazole rings is 1. The first-order valence-electron chi connectivity index (χ1n) is 7.83. The van der Waals surface area contributed by atoms with Crippen molar-refractivity contribution in [3.05, 3.63) is 42.2 Å². The molecule has 1 N–H and O–H groups in total. The minimum atomic E-state index is -0.773. The highest BCUT2D eigenvalue weighted by Gasteiger charge is 2.27. The molecule has 26 heavy (non-hydrogen) atoms. The van der Waals surface area contributed by atoms with Crippen molar-refractivity contribution < 1.29 is 23.5 Å². The average Bonchev–Trinajstić information content (AvgIpc) is 3.37. The van der Waals surface area contributed by atoms with E-state index in [2.05, 4.69) is 10.3 Å². The van der Waals surface area contributed by atoms with Crippen molar-refractivity contribution in [3.63, 3.8) is 0 Å². The maximum Gasteiger partial charge on any atom is 0.374 e. The fourth-order valence-corrected chi connectivity index (χ4v) is 3.45. The predicted molar refractivity (Wildman–Crippen MR) is 92.7 cm³/mol. The number of nitrogens with one attached hydrogen (secondary N) is 1. The van der Waals surface area contributed by atoms with Gasteiger partial charge in [-0.1, -0.05) is 12.1 Å². The molecule has 0 radical (unpaired) electrons. The SMILES string of the molecule is O=C(OCC(=O)N1CCNC1=O)c1ccc(-c2nc3ccccc3s2)o1. The Morgan fingerprint density at radius 3 is 2.88 bits per heavy atom. The molecule has 1 saturated heterocycles. The number of rotatable bonds is 4. The quantitative estimate of drug-likeness (QED) is 0.706. The van der Waals surface area contributed by atoms with Gasteiger partial charge in [0.2, 0.25) is 5.76 Å². The Morgan fingerprint density at radius 1 is 1.27 bits per heavy atom. The number of carbonyl (C=O) groups excluding carboxylic acids is 3. The highest BCUT2D eigenvalue weighted by molar-refractivity contribution is 7.21. The average molecular weight is 371 g/mol. The lowest BCUT2D eigenvalue weighted by Crippen LogP contribution is -2.37. The molecule has 0 saturated carbocycles. The molecule has 1 aliphatic rings. The van der Waals surface area contributed by atoms with Gasteiger partial charge in [0.15, 0.2) is 17.4 Å². The molecule has 1 aromatic carbocycles. The number of carbonyl (C=O) groups is 3. The zero-order valence-electron chi connectivity index (χ0n) is 13.4. The molecular formula is C17H13N3O5S. The Hall–Kier alpha value is -3.20. The molecule has 0 bridgehead atoms. The van der Waals surface area contributed by atoms with Crippen molar-refractivity contribution in [2.75, 3.05) is 19.7 Å². The van der Waals surface area contributed by atoms with Crippen LogP contribution in [0.5, 0.6) is 0 Å². The van der Waals surface area contributed by atoms with Crippen molar-refractivity contribution in [2.45, 2.75) is 0 Å². The third-order valence-electron chi connectivity index (χ3n) is 3.80. The first kappa shape index (κ1) is 16.3. The lowest BCUT2D eigenvalue weighted by atomic mass is 10.3. The second kappa shape index (κ2) is 6.60. The number of aromatic nitrogens is 1. The van der Waals surface area contributed by atoms with E-state index in [1.165, 1.54) is 17.4 Å². The van der Waals surface area contributed by atoms with Gasteiger partial charge in [0.05, 0.1) is 10.2 Å². The summed E-state index contributed by atoms with van der Waals surface area (Å²) in [5.41, 5.74) is 0.850. The van der Waals surface area contributed by atoms with Gasteiger partial charge >= 0.3 is 12.0 Å². The van der Waals surface area contributed by atoms with Gasteiger partial charge in [0.25, 0.3) is 5.91 Å². The molecule has 0 aliphatic carbocycles. The van der Waals surface area contributed by atoms with E-state index < -0.39 is 24.5 Å². The number of nitrogens with zero attached hydrogens (tertiary/aromatic N) is 2. The van der Waals surface area contributed by atoms with Crippen molar-refractivity contribution in [2.24, 2.45) is 0 Å². The lowest BCUT2D eigenvalue weighted by Gasteiger charge is -2.11. The van der Waals surface area contributed by atoms with Crippen LogP contribution in [0.25, 0.3) is 21.0 Å². The molecular weight excluding hydrogens is 358 g/mol. The molecule has 3 aromatic rings. The number of hydrogen-bond donors (Lipinski definition) is 1. The van der Waals surface area contributed by atoms with Crippen molar-refractivity contribution in [1.82, 2.24) is 15.2 Å². The summed E-state index contributed by atoms with van der Waals surface area (Å²) < 4.78 is 11.5. The third-order valence-corrected chi connectivity index (χ3v) is 4.85. The topological polar surface area (TPSA) is 102 Å². The highest BCUT2D eigenvalue weighted by atomic mass is 32.1. The fraction of sp³-hybridized carbons (Fsp3) is 0.176. The summed E-state index contributed by atoms with van der Waals surface area (Å²) in [5, 5.41) is 3.15. The van der Waals surface area contributed by atoms with Gasteiger partial charge in [0.1, 0.15) is 0 Å². The Bertz CT molecular complexity index is 976. The lowest BCUT2D eigenvalue weighted by molar-refractivity contribution is -0.130. The Labute approximate surface area is 151 Å². The molecule has 9 heteroatoms. The summed E-state index contributed by atoms with van der Waals surface area (Å²) in [6, 6.07) is 10.3. The normalized spacial score (nSPS) is 13.8. The molecule has 0 atom stereocenters. The van der Waals surface area contributed by atoms with Crippen LogP contribution in [0.15, 0.2) is 40.8 Å². The molecule has 3 heterocycles. The van der Waals surface area contributed by atoms with Crippen LogP contribution in [0.4, 0.5) is 4.79 Å². The molecule has 132 valence electrons. The van der Waals surface area contributed by atoms with E-state index in [1.54, 1.807) is 6.07 Å². The first-order chi connectivity index (χ1) is 12.6. The van der Waals surface area contributed by atoms with Crippen LogP contribution < -0.4 is 5.32 Å². The van der Waals surface area contributed by atoms with Crippen LogP contribution in [-0.2, 0) is 9.53 Å². The molecule has 4 rings (SSSR count). The minimum absolute atomic E-state index is 0.0297. The maximum absolute atomic E-state index is 12.1. The standard InChI is InChI=1S/C17H13N3O5S/c21-14(20-8-7-18-17(20)23)9-24-16(22)12-6-5-11(25-12)15-19-10-3-1-2-4-13(10)26-15/h1-6H,7-9H2,(H,18,23). The van der Waals surface area contributed by atoms with Crippen molar-refractivity contribution >= 4 is 39.5 Å². The van der Waals surface area contributed by atoms with E-state index in [9.17, 15) is 14.4 Å². The largest absolute Gasteiger partial charge is 0.450 e. The van der Waals surface area contributed by atoms with Crippen molar-refractivity contribution in [1.29, 1.82) is 0 Å². The number of amides is 3. The zero-order chi connectivity index (χ0) is 18.1. The smallest absolute Gasteiger partial charge is 0.374 e. The van der Waals surface area contributed by atoms with E-state index in [0.29, 0.717) is 17.3 Å². The van der Waals surface area contributed by atoms with Crippen LogP contribution in [0.1, 0.15) is 10.6 Å². The van der Waals surface area contributed by atoms with E-state index in [-0.39, 0.29) is 12.3 Å². The van der Waals surface area contributed by atoms with Gasteiger partial charge in [0, 0.05) is 13.1 Å². The van der Waals surface area contributed by atoms with Crippen LogP contribution >= 0.6 is 11.3 Å². The molecule has 2 aromatic heterocycles. The highest BCUT2D eigenvalue weighted by Crippen LogP contribution is 2.31. The Kier molecular flexibility index (Phi) is 4.13. The minimum Gasteiger partial charge on any atom is -0.450 e. The van der Waals surface area contributed by atoms with E-state index in [4.69, 9.17) is 9.15 Å². The number of ether oxygens (including phenoxy) is 1. The van der Waals surface area contributed by atoms with E-state index >= 15 is 0 Å². The molecule has 0 unspecified atom stereocenters. The fourth-order valence-electron chi connectivity index (χ4n) is 2.53. The third kappa shape index (κ3) is 3.04. The second-order valence-corrected chi connectivity index (χ2v) is 6.53. The maximum atomic E-state index is 12.1. The number of urea groups is 1. The van der Waals surface area contributed by atoms with Gasteiger partial charge in [-0.15, -0.1) is 11.3 Å². The number of hydrogen-bond acceptors (Lipinski definition) is 7.